The number of hydrogen-bond acceptors (Lipinski definition) is 2. The van der Waals surface area contributed by atoms with E-state index in [9.17, 15) is 5.11 Å². The first kappa shape index (κ1) is 12.9. The Morgan fingerprint density at radius 3 is 2.70 bits per heavy atom. The van der Waals surface area contributed by atoms with Crippen LogP contribution < -0.4 is 0 Å². The van der Waals surface area contributed by atoms with Crippen LogP contribution in [0.2, 0.25) is 0 Å². The number of hydrogen-bond donors (Lipinski definition) is 1. The molecule has 0 saturated carbocycles. The van der Waals surface area contributed by atoms with E-state index in [1.54, 1.807) is 12.1 Å². The molecular formula is C18H17NO. The van der Waals surface area contributed by atoms with Crippen LogP contribution in [0, 0.1) is 25.2 Å². The van der Waals surface area contributed by atoms with Crippen LogP contribution in [0.3, 0.4) is 0 Å². The summed E-state index contributed by atoms with van der Waals surface area (Å²) >= 11 is 0. The number of aryl methyl sites for hydroxylation is 2. The lowest BCUT2D eigenvalue weighted by Gasteiger charge is -2.23. The summed E-state index contributed by atoms with van der Waals surface area (Å²) in [7, 11) is 0. The van der Waals surface area contributed by atoms with Crippen molar-refractivity contribution in [1.82, 2.24) is 0 Å². The van der Waals surface area contributed by atoms with Gasteiger partial charge in [-0.3, -0.25) is 0 Å². The summed E-state index contributed by atoms with van der Waals surface area (Å²) in [5, 5.41) is 20.0. The van der Waals surface area contributed by atoms with Crippen molar-refractivity contribution in [3.8, 4) is 6.07 Å². The lowest BCUT2D eigenvalue weighted by atomic mass is 9.89. The molecule has 3 rings (SSSR count). The second-order valence-electron chi connectivity index (χ2n) is 5.80. The molecular weight excluding hydrogens is 246 g/mol. The van der Waals surface area contributed by atoms with Crippen LogP contribution in [0.25, 0.3) is 0 Å². The Bertz CT molecular complexity index is 727. The molecule has 0 bridgehead atoms. The van der Waals surface area contributed by atoms with Gasteiger partial charge in [0, 0.05) is 12.8 Å². The van der Waals surface area contributed by atoms with Gasteiger partial charge in [0.1, 0.15) is 0 Å². The van der Waals surface area contributed by atoms with E-state index in [1.807, 2.05) is 12.1 Å². The molecule has 0 saturated heterocycles. The molecule has 2 aromatic rings. The minimum Gasteiger partial charge on any atom is -0.384 e. The fourth-order valence-corrected chi connectivity index (χ4v) is 3.25. The summed E-state index contributed by atoms with van der Waals surface area (Å²) in [4.78, 5) is 0. The molecule has 1 aliphatic carbocycles. The third kappa shape index (κ3) is 2.01. The largest absolute Gasteiger partial charge is 0.384 e. The van der Waals surface area contributed by atoms with Crippen molar-refractivity contribution in [2.24, 2.45) is 0 Å². The topological polar surface area (TPSA) is 44.0 Å². The smallest absolute Gasteiger partial charge is 0.0991 e. The van der Waals surface area contributed by atoms with Crippen molar-refractivity contribution in [2.45, 2.75) is 32.3 Å². The Hall–Kier alpha value is -2.11. The average Bonchev–Trinajstić information content (AvgIpc) is 2.77. The summed E-state index contributed by atoms with van der Waals surface area (Å²) in [6.07, 6.45) is 1.25. The Labute approximate surface area is 119 Å². The van der Waals surface area contributed by atoms with Crippen LogP contribution >= 0.6 is 0 Å². The van der Waals surface area contributed by atoms with Gasteiger partial charge in [0.15, 0.2) is 0 Å². The average molecular weight is 263 g/mol. The molecule has 0 fully saturated rings. The van der Waals surface area contributed by atoms with Crippen molar-refractivity contribution in [3.05, 3.63) is 69.8 Å². The predicted molar refractivity (Wildman–Crippen MR) is 78.4 cm³/mol. The summed E-state index contributed by atoms with van der Waals surface area (Å²) in [5.74, 6) is 0. The molecule has 0 aliphatic heterocycles. The van der Waals surface area contributed by atoms with Gasteiger partial charge in [0.2, 0.25) is 0 Å². The summed E-state index contributed by atoms with van der Waals surface area (Å²) in [6.45, 7) is 4.18. The van der Waals surface area contributed by atoms with Crippen LogP contribution in [0.5, 0.6) is 0 Å². The van der Waals surface area contributed by atoms with E-state index < -0.39 is 5.60 Å². The molecule has 0 amide bonds. The number of nitriles is 1. The fourth-order valence-electron chi connectivity index (χ4n) is 3.25. The molecule has 0 radical (unpaired) electrons. The standard InChI is InChI=1S/C18H17NO/c1-12-6-13(2)17-10-18(20,9-15(17)7-12)16-5-3-4-14(8-16)11-19/h3-8,20H,9-10H2,1-2H3. The zero-order chi connectivity index (χ0) is 14.3. The molecule has 2 heteroatoms. The van der Waals surface area contributed by atoms with Crippen molar-refractivity contribution in [2.75, 3.05) is 0 Å². The molecule has 0 spiro atoms. The minimum absolute atomic E-state index is 0.597. The van der Waals surface area contributed by atoms with Crippen LogP contribution in [-0.2, 0) is 18.4 Å². The monoisotopic (exact) mass is 263 g/mol. The molecule has 20 heavy (non-hydrogen) atoms. The van der Waals surface area contributed by atoms with E-state index in [4.69, 9.17) is 5.26 Å². The first-order valence-electron chi connectivity index (χ1n) is 6.84. The predicted octanol–water partition coefficient (Wildman–Crippen LogP) is 3.16. The van der Waals surface area contributed by atoms with Gasteiger partial charge >= 0.3 is 0 Å². The molecule has 1 N–H and O–H groups in total. The quantitative estimate of drug-likeness (QED) is 0.859. The summed E-state index contributed by atoms with van der Waals surface area (Å²) in [6, 6.07) is 13.8. The highest BCUT2D eigenvalue weighted by Gasteiger charge is 2.37. The van der Waals surface area contributed by atoms with Crippen molar-refractivity contribution in [3.63, 3.8) is 0 Å². The molecule has 0 heterocycles. The third-order valence-corrected chi connectivity index (χ3v) is 4.19. The normalized spacial score (nSPS) is 20.5. The van der Waals surface area contributed by atoms with Crippen molar-refractivity contribution >= 4 is 0 Å². The summed E-state index contributed by atoms with van der Waals surface area (Å²) in [5.41, 5.74) is 5.51. The number of rotatable bonds is 1. The Morgan fingerprint density at radius 2 is 1.95 bits per heavy atom. The number of nitrogens with zero attached hydrogens (tertiary/aromatic N) is 1. The fraction of sp³-hybridized carbons (Fsp3) is 0.278. The first-order chi connectivity index (χ1) is 9.51. The maximum absolute atomic E-state index is 11.0. The van der Waals surface area contributed by atoms with E-state index in [0.717, 1.165) is 5.56 Å². The highest BCUT2D eigenvalue weighted by molar-refractivity contribution is 5.47. The number of aliphatic hydroxyl groups is 1. The molecule has 1 atom stereocenters. The van der Waals surface area contributed by atoms with Crippen molar-refractivity contribution < 1.29 is 5.11 Å². The second kappa shape index (κ2) is 4.47. The van der Waals surface area contributed by atoms with Gasteiger partial charge in [-0.1, -0.05) is 29.8 Å². The molecule has 2 aromatic carbocycles. The number of fused-ring (bicyclic) bond motifs is 1. The van der Waals surface area contributed by atoms with E-state index >= 15 is 0 Å². The van der Waals surface area contributed by atoms with Gasteiger partial charge in [-0.05, 0) is 48.2 Å². The molecule has 2 nitrogen and oxygen atoms in total. The zero-order valence-corrected chi connectivity index (χ0v) is 11.8. The second-order valence-corrected chi connectivity index (χ2v) is 5.80. The van der Waals surface area contributed by atoms with Gasteiger partial charge in [-0.15, -0.1) is 0 Å². The zero-order valence-electron chi connectivity index (χ0n) is 11.8. The molecule has 1 aliphatic rings. The highest BCUT2D eigenvalue weighted by Crippen LogP contribution is 2.39. The lowest BCUT2D eigenvalue weighted by molar-refractivity contribution is 0.0481. The van der Waals surface area contributed by atoms with Crippen molar-refractivity contribution in [1.29, 1.82) is 5.26 Å². The maximum Gasteiger partial charge on any atom is 0.0991 e. The summed E-state index contributed by atoms with van der Waals surface area (Å²) < 4.78 is 0. The SMILES string of the molecule is Cc1cc(C)c2c(c1)CC(O)(c1cccc(C#N)c1)C2. The molecule has 0 aromatic heterocycles. The maximum atomic E-state index is 11.0. The lowest BCUT2D eigenvalue weighted by Crippen LogP contribution is -2.26. The van der Waals surface area contributed by atoms with Gasteiger partial charge in [0.25, 0.3) is 0 Å². The Balaban J connectivity index is 2.05. The Morgan fingerprint density at radius 1 is 1.15 bits per heavy atom. The van der Waals surface area contributed by atoms with E-state index in [1.165, 1.54) is 22.3 Å². The van der Waals surface area contributed by atoms with Gasteiger partial charge in [0.05, 0.1) is 17.2 Å². The van der Waals surface area contributed by atoms with E-state index in [-0.39, 0.29) is 0 Å². The minimum atomic E-state index is -0.881. The van der Waals surface area contributed by atoms with E-state index in [0.29, 0.717) is 18.4 Å². The molecule has 100 valence electrons. The van der Waals surface area contributed by atoms with Crippen LogP contribution in [0.4, 0.5) is 0 Å². The van der Waals surface area contributed by atoms with Crippen LogP contribution in [0.1, 0.15) is 33.4 Å². The first-order valence-corrected chi connectivity index (χ1v) is 6.84. The number of benzene rings is 2. The van der Waals surface area contributed by atoms with Crippen LogP contribution in [-0.4, -0.2) is 5.11 Å². The molecule has 1 unspecified atom stereocenters. The highest BCUT2D eigenvalue weighted by atomic mass is 16.3. The van der Waals surface area contributed by atoms with Gasteiger partial charge < -0.3 is 5.11 Å². The third-order valence-electron chi connectivity index (χ3n) is 4.19. The van der Waals surface area contributed by atoms with E-state index in [2.05, 4.69) is 32.0 Å². The van der Waals surface area contributed by atoms with Gasteiger partial charge in [-0.2, -0.15) is 5.26 Å². The Kier molecular flexibility index (Phi) is 2.88. The van der Waals surface area contributed by atoms with Crippen LogP contribution in [0.15, 0.2) is 36.4 Å². The van der Waals surface area contributed by atoms with Gasteiger partial charge in [-0.25, -0.2) is 0 Å².